The van der Waals surface area contributed by atoms with E-state index in [1.54, 1.807) is 23.2 Å². The topological polar surface area (TPSA) is 71.2 Å². The van der Waals surface area contributed by atoms with Gasteiger partial charge >= 0.3 is 0 Å². The summed E-state index contributed by atoms with van der Waals surface area (Å²) >= 11 is 0. The van der Waals surface area contributed by atoms with Gasteiger partial charge < -0.3 is 14.6 Å². The van der Waals surface area contributed by atoms with Gasteiger partial charge in [-0.15, -0.1) is 0 Å². The van der Waals surface area contributed by atoms with Crippen molar-refractivity contribution < 1.29 is 9.90 Å². The van der Waals surface area contributed by atoms with Gasteiger partial charge in [0.2, 0.25) is 0 Å². The van der Waals surface area contributed by atoms with E-state index >= 15 is 0 Å². The Morgan fingerprint density at radius 2 is 1.89 bits per heavy atom. The third-order valence-corrected chi connectivity index (χ3v) is 5.34. The summed E-state index contributed by atoms with van der Waals surface area (Å²) in [5, 5.41) is 10.4. The quantitative estimate of drug-likeness (QED) is 0.743. The molecule has 0 saturated carbocycles. The summed E-state index contributed by atoms with van der Waals surface area (Å²) in [5.41, 5.74) is 1.78. The van der Waals surface area contributed by atoms with E-state index in [-0.39, 0.29) is 5.91 Å². The molecule has 4 rings (SSSR count). The second-order valence-electron chi connectivity index (χ2n) is 7.19. The number of benzene rings is 1. The lowest BCUT2D eigenvalue weighted by atomic mass is 9.95. The minimum absolute atomic E-state index is 0.219. The number of aromatic nitrogens is 3. The lowest BCUT2D eigenvalue weighted by Crippen LogP contribution is -2.41. The number of aliphatic hydroxyl groups excluding tert-OH is 1. The number of carbonyl (C=O) groups excluding carboxylic acids is 1. The van der Waals surface area contributed by atoms with Crippen LogP contribution >= 0.6 is 0 Å². The molecule has 3 heterocycles. The summed E-state index contributed by atoms with van der Waals surface area (Å²) in [6.07, 6.45) is 8.08. The smallest absolute Gasteiger partial charge is 0.256 e. The van der Waals surface area contributed by atoms with Crippen molar-refractivity contribution in [1.82, 2.24) is 19.4 Å². The molecule has 1 amide bonds. The summed E-state index contributed by atoms with van der Waals surface area (Å²) in [6, 6.07) is 13.1. The van der Waals surface area contributed by atoms with E-state index < -0.39 is 6.10 Å². The fourth-order valence-corrected chi connectivity index (χ4v) is 3.81. The van der Waals surface area contributed by atoms with Crippen LogP contribution in [0.25, 0.3) is 0 Å². The minimum atomic E-state index is -1.09. The molecule has 0 spiro atoms. The van der Waals surface area contributed by atoms with Gasteiger partial charge in [-0.25, -0.2) is 4.98 Å². The number of carbonyl (C=O) groups is 1. The predicted octanol–water partition coefficient (Wildman–Crippen LogP) is 2.77. The Labute approximate surface area is 164 Å². The Kier molecular flexibility index (Phi) is 5.48. The summed E-state index contributed by atoms with van der Waals surface area (Å²) in [5.74, 6) is 1.15. The Hall–Kier alpha value is -2.99. The van der Waals surface area contributed by atoms with Crippen molar-refractivity contribution in [2.24, 2.45) is 0 Å². The Morgan fingerprint density at radius 1 is 1.11 bits per heavy atom. The van der Waals surface area contributed by atoms with Crippen molar-refractivity contribution in [3.63, 3.8) is 0 Å². The Balaban J connectivity index is 1.38. The second-order valence-corrected chi connectivity index (χ2v) is 7.19. The van der Waals surface area contributed by atoms with E-state index in [1.807, 2.05) is 42.9 Å². The zero-order valence-corrected chi connectivity index (χ0v) is 15.7. The van der Waals surface area contributed by atoms with Crippen molar-refractivity contribution in [1.29, 1.82) is 0 Å². The van der Waals surface area contributed by atoms with Crippen LogP contribution in [0.5, 0.6) is 0 Å². The van der Waals surface area contributed by atoms with Crippen molar-refractivity contribution in [3.05, 3.63) is 84.2 Å². The molecule has 1 aliphatic heterocycles. The minimum Gasteiger partial charge on any atom is -0.378 e. The van der Waals surface area contributed by atoms with Crippen LogP contribution < -0.4 is 0 Å². The van der Waals surface area contributed by atoms with E-state index in [9.17, 15) is 9.90 Å². The van der Waals surface area contributed by atoms with Crippen LogP contribution in [-0.2, 0) is 11.3 Å². The number of imidazole rings is 1. The van der Waals surface area contributed by atoms with E-state index in [4.69, 9.17) is 0 Å². The van der Waals surface area contributed by atoms with Gasteiger partial charge in [-0.05, 0) is 30.0 Å². The van der Waals surface area contributed by atoms with Crippen LogP contribution in [0.2, 0.25) is 0 Å². The average molecular weight is 376 g/mol. The molecule has 1 saturated heterocycles. The van der Waals surface area contributed by atoms with Gasteiger partial charge in [0, 0.05) is 43.8 Å². The van der Waals surface area contributed by atoms with E-state index in [1.165, 1.54) is 0 Å². The van der Waals surface area contributed by atoms with Crippen molar-refractivity contribution in [2.75, 3.05) is 13.1 Å². The van der Waals surface area contributed by atoms with Crippen molar-refractivity contribution >= 4 is 5.91 Å². The third kappa shape index (κ3) is 3.97. The third-order valence-electron chi connectivity index (χ3n) is 5.34. The van der Waals surface area contributed by atoms with Gasteiger partial charge in [0.1, 0.15) is 5.82 Å². The molecule has 144 valence electrons. The van der Waals surface area contributed by atoms with E-state index in [0.29, 0.717) is 24.6 Å². The second kappa shape index (κ2) is 8.35. The monoisotopic (exact) mass is 376 g/mol. The Morgan fingerprint density at radius 3 is 2.61 bits per heavy atom. The van der Waals surface area contributed by atoms with Gasteiger partial charge in [-0.3, -0.25) is 9.78 Å². The highest BCUT2D eigenvalue weighted by Gasteiger charge is 2.30. The molecule has 0 aliphatic carbocycles. The number of amides is 1. The molecule has 3 aromatic rings. The largest absolute Gasteiger partial charge is 0.378 e. The van der Waals surface area contributed by atoms with Gasteiger partial charge in [0.15, 0.2) is 6.10 Å². The number of piperidine rings is 1. The maximum Gasteiger partial charge on any atom is 0.256 e. The highest BCUT2D eigenvalue weighted by Crippen LogP contribution is 2.29. The Bertz CT molecular complexity index is 903. The molecule has 28 heavy (non-hydrogen) atoms. The molecule has 0 radical (unpaired) electrons. The molecule has 0 unspecified atom stereocenters. The zero-order valence-electron chi connectivity index (χ0n) is 15.7. The molecular weight excluding hydrogens is 352 g/mol. The van der Waals surface area contributed by atoms with Gasteiger partial charge in [0.05, 0.1) is 6.54 Å². The summed E-state index contributed by atoms with van der Waals surface area (Å²) in [6.45, 7) is 2.01. The van der Waals surface area contributed by atoms with Crippen LogP contribution in [0.1, 0.15) is 41.8 Å². The molecule has 2 aromatic heterocycles. The predicted molar refractivity (Wildman–Crippen MR) is 106 cm³/mol. The lowest BCUT2D eigenvalue weighted by molar-refractivity contribution is -0.141. The molecule has 1 aliphatic rings. The number of likely N-dealkylation sites (tertiary alicyclic amines) is 1. The van der Waals surface area contributed by atoms with Crippen LogP contribution in [0, 0.1) is 0 Å². The molecule has 6 heteroatoms. The average Bonchev–Trinajstić information content (AvgIpc) is 3.22. The summed E-state index contributed by atoms with van der Waals surface area (Å²) in [7, 11) is 0. The molecule has 0 bridgehead atoms. The lowest BCUT2D eigenvalue weighted by Gasteiger charge is -2.33. The summed E-state index contributed by atoms with van der Waals surface area (Å²) in [4.78, 5) is 23.2. The molecule has 1 N–H and O–H groups in total. The highest BCUT2D eigenvalue weighted by molar-refractivity contribution is 5.82. The van der Waals surface area contributed by atoms with E-state index in [2.05, 4.69) is 20.6 Å². The standard InChI is InChI=1S/C22H24N4O2/c27-20(18-6-2-1-3-7-18)22(28)25-12-8-19(9-13-25)21-24-11-14-26(21)16-17-5-4-10-23-15-17/h1-7,10-11,14-15,19-20,27H,8-9,12-13,16H2/t20-/m0/s1. The number of hydrogen-bond donors (Lipinski definition) is 1. The first kappa shape index (κ1) is 18.4. The van der Waals surface area contributed by atoms with Gasteiger partial charge in [-0.1, -0.05) is 36.4 Å². The molecule has 1 atom stereocenters. The van der Waals surface area contributed by atoms with Gasteiger partial charge in [-0.2, -0.15) is 0 Å². The maximum atomic E-state index is 12.6. The van der Waals surface area contributed by atoms with Crippen LogP contribution in [-0.4, -0.2) is 43.5 Å². The molecule has 6 nitrogen and oxygen atoms in total. The van der Waals surface area contributed by atoms with Crippen molar-refractivity contribution in [3.8, 4) is 0 Å². The fourth-order valence-electron chi connectivity index (χ4n) is 3.81. The van der Waals surface area contributed by atoms with Crippen LogP contribution in [0.3, 0.4) is 0 Å². The first-order valence-electron chi connectivity index (χ1n) is 9.64. The van der Waals surface area contributed by atoms with Crippen molar-refractivity contribution in [2.45, 2.75) is 31.4 Å². The molecule has 1 aromatic carbocycles. The highest BCUT2D eigenvalue weighted by atomic mass is 16.3. The number of pyridine rings is 1. The summed E-state index contributed by atoms with van der Waals surface area (Å²) < 4.78 is 2.16. The SMILES string of the molecule is O=C([C@@H](O)c1ccccc1)N1CCC(c2nccn2Cc2cccnc2)CC1. The van der Waals surface area contributed by atoms with Crippen LogP contribution in [0.15, 0.2) is 67.3 Å². The molecular formula is C22H24N4O2. The van der Waals surface area contributed by atoms with Crippen LogP contribution in [0.4, 0.5) is 0 Å². The number of hydrogen-bond acceptors (Lipinski definition) is 4. The van der Waals surface area contributed by atoms with E-state index in [0.717, 1.165) is 30.8 Å². The first-order chi connectivity index (χ1) is 13.7. The first-order valence-corrected chi connectivity index (χ1v) is 9.64. The van der Waals surface area contributed by atoms with Gasteiger partial charge in [0.25, 0.3) is 5.91 Å². The number of aliphatic hydroxyl groups is 1. The fraction of sp³-hybridized carbons (Fsp3) is 0.318. The normalized spacial score (nSPS) is 16.1. The maximum absolute atomic E-state index is 12.6. The number of rotatable bonds is 5. The number of nitrogens with zero attached hydrogens (tertiary/aromatic N) is 4. The molecule has 1 fully saturated rings. The zero-order chi connectivity index (χ0) is 19.3.